The van der Waals surface area contributed by atoms with Crippen LogP contribution in [-0.4, -0.2) is 76.4 Å². The number of ketones is 1. The van der Waals surface area contributed by atoms with Crippen LogP contribution in [-0.2, 0) is 27.2 Å². The van der Waals surface area contributed by atoms with Gasteiger partial charge in [-0.1, -0.05) is 0 Å². The van der Waals surface area contributed by atoms with Crippen LogP contribution in [0.3, 0.4) is 0 Å². The number of ether oxygens (including phenoxy) is 5. The summed E-state index contributed by atoms with van der Waals surface area (Å²) in [4.78, 5) is 40.9. The number of Topliss-reactive ketones (excluding diaryl/α,β-unsaturated/α-hetero) is 1. The van der Waals surface area contributed by atoms with Gasteiger partial charge < -0.3 is 23.7 Å². The summed E-state index contributed by atoms with van der Waals surface area (Å²) in [6.07, 6.45) is 2.00. The predicted molar refractivity (Wildman–Crippen MR) is 145 cm³/mol. The fraction of sp³-hybridized carbons (Fsp3) is 0.483. The second-order valence-corrected chi connectivity index (χ2v) is 10.9. The van der Waals surface area contributed by atoms with Gasteiger partial charge in [-0.05, 0) is 39.7 Å². The molecular formula is C29H33FN4O7. The molecule has 0 unspecified atom stereocenters. The SMILES string of the molecule is COc1ccc2ncc(F)c(CC(=O)[C@@H]3CC[C@@H](N(Cc4cc5c(cn4)OCCO5)C(=O)OC(C)(C)C)CO3)c2n1. The van der Waals surface area contributed by atoms with Crippen LogP contribution in [0.25, 0.3) is 11.0 Å². The van der Waals surface area contributed by atoms with Crippen molar-refractivity contribution in [1.29, 1.82) is 0 Å². The van der Waals surface area contributed by atoms with E-state index < -0.39 is 23.6 Å². The van der Waals surface area contributed by atoms with Crippen LogP contribution in [0.15, 0.2) is 30.6 Å². The molecule has 0 radical (unpaired) electrons. The Morgan fingerprint density at radius 3 is 2.59 bits per heavy atom. The largest absolute Gasteiger partial charge is 0.486 e. The van der Waals surface area contributed by atoms with E-state index in [4.69, 9.17) is 23.7 Å². The van der Waals surface area contributed by atoms with Crippen molar-refractivity contribution in [3.8, 4) is 17.4 Å². The Balaban J connectivity index is 1.29. The predicted octanol–water partition coefficient (Wildman–Crippen LogP) is 4.04. The number of rotatable bonds is 7. The van der Waals surface area contributed by atoms with Gasteiger partial charge in [-0.25, -0.2) is 14.2 Å². The molecule has 5 heterocycles. The van der Waals surface area contributed by atoms with Crippen LogP contribution in [0.1, 0.15) is 44.9 Å². The highest BCUT2D eigenvalue weighted by molar-refractivity contribution is 5.90. The van der Waals surface area contributed by atoms with Crippen LogP contribution in [0, 0.1) is 5.82 Å². The molecule has 2 aliphatic heterocycles. The van der Waals surface area contributed by atoms with Gasteiger partial charge in [-0.3, -0.25) is 19.7 Å². The molecule has 0 N–H and O–H groups in total. The van der Waals surface area contributed by atoms with Crippen molar-refractivity contribution in [1.82, 2.24) is 19.9 Å². The summed E-state index contributed by atoms with van der Waals surface area (Å²) in [5.41, 5.74) is 0.762. The summed E-state index contributed by atoms with van der Waals surface area (Å²) in [6.45, 7) is 6.52. The third-order valence-electron chi connectivity index (χ3n) is 6.80. The molecule has 0 saturated carbocycles. The van der Waals surface area contributed by atoms with Crippen LogP contribution in [0.5, 0.6) is 17.4 Å². The smallest absolute Gasteiger partial charge is 0.410 e. The molecule has 41 heavy (non-hydrogen) atoms. The topological polar surface area (TPSA) is 122 Å². The van der Waals surface area contributed by atoms with E-state index in [-0.39, 0.29) is 42.5 Å². The number of hydrogen-bond acceptors (Lipinski definition) is 10. The second-order valence-electron chi connectivity index (χ2n) is 10.9. The Bertz CT molecular complexity index is 1440. The fourth-order valence-corrected chi connectivity index (χ4v) is 4.80. The average Bonchev–Trinajstić information content (AvgIpc) is 2.96. The Kier molecular flexibility index (Phi) is 8.20. The summed E-state index contributed by atoms with van der Waals surface area (Å²) in [5, 5.41) is 0. The molecule has 12 heteroatoms. The molecule has 0 aromatic carbocycles. The van der Waals surface area contributed by atoms with Gasteiger partial charge in [-0.2, -0.15) is 0 Å². The lowest BCUT2D eigenvalue weighted by atomic mass is 9.96. The zero-order chi connectivity index (χ0) is 29.1. The lowest BCUT2D eigenvalue weighted by Crippen LogP contribution is -2.49. The molecule has 3 aromatic heterocycles. The zero-order valence-electron chi connectivity index (χ0n) is 23.5. The van der Waals surface area contributed by atoms with Crippen molar-refractivity contribution >= 4 is 22.9 Å². The van der Waals surface area contributed by atoms with E-state index in [1.54, 1.807) is 50.1 Å². The second kappa shape index (κ2) is 11.8. The van der Waals surface area contributed by atoms with E-state index in [1.165, 1.54) is 7.11 Å². The summed E-state index contributed by atoms with van der Waals surface area (Å²) < 4.78 is 42.8. The third-order valence-corrected chi connectivity index (χ3v) is 6.80. The average molecular weight is 569 g/mol. The number of halogens is 1. The maximum Gasteiger partial charge on any atom is 0.410 e. The van der Waals surface area contributed by atoms with Crippen LogP contribution in [0.4, 0.5) is 9.18 Å². The Morgan fingerprint density at radius 2 is 1.88 bits per heavy atom. The summed E-state index contributed by atoms with van der Waals surface area (Å²) in [6, 6.07) is 4.67. The standard InChI is InChI=1S/C29H33FN4O7/c1-29(2,3)41-28(36)34(15-17-11-24-25(14-31-17)39-10-9-38-24)18-5-7-23(40-16-18)22(35)12-19-20(30)13-32-21-6-8-26(37-4)33-27(19)21/h6,8,11,13-14,18,23H,5,7,9-10,12,15-16H2,1-4H3/t18-,23+/m1/s1. The van der Waals surface area contributed by atoms with Crippen molar-refractivity contribution in [3.05, 3.63) is 47.7 Å². The molecule has 218 valence electrons. The number of pyridine rings is 3. The first kappa shape index (κ1) is 28.5. The molecule has 0 spiro atoms. The molecule has 1 amide bonds. The number of carbonyl (C=O) groups excluding carboxylic acids is 2. The highest BCUT2D eigenvalue weighted by atomic mass is 19.1. The van der Waals surface area contributed by atoms with Gasteiger partial charge in [0.2, 0.25) is 5.88 Å². The fourth-order valence-electron chi connectivity index (χ4n) is 4.80. The number of carbonyl (C=O) groups is 2. The minimum atomic E-state index is -0.757. The Hall–Kier alpha value is -4.06. The quantitative estimate of drug-likeness (QED) is 0.413. The lowest BCUT2D eigenvalue weighted by Gasteiger charge is -2.37. The maximum absolute atomic E-state index is 14.8. The minimum Gasteiger partial charge on any atom is -0.486 e. The summed E-state index contributed by atoms with van der Waals surface area (Å²) >= 11 is 0. The van der Waals surface area contributed by atoms with Gasteiger partial charge in [0.1, 0.15) is 30.7 Å². The van der Waals surface area contributed by atoms with Crippen LogP contribution >= 0.6 is 0 Å². The van der Waals surface area contributed by atoms with Crippen molar-refractivity contribution in [3.63, 3.8) is 0 Å². The van der Waals surface area contributed by atoms with Crippen molar-refractivity contribution in [2.75, 3.05) is 26.9 Å². The number of aromatic nitrogens is 3. The van der Waals surface area contributed by atoms with Crippen molar-refractivity contribution in [2.45, 2.75) is 64.3 Å². The minimum absolute atomic E-state index is 0.103. The van der Waals surface area contributed by atoms with Gasteiger partial charge in [-0.15, -0.1) is 0 Å². The molecule has 5 rings (SSSR count). The molecular weight excluding hydrogens is 535 g/mol. The van der Waals surface area contributed by atoms with E-state index >= 15 is 0 Å². The number of fused-ring (bicyclic) bond motifs is 2. The van der Waals surface area contributed by atoms with E-state index in [0.717, 1.165) is 6.20 Å². The van der Waals surface area contributed by atoms with Gasteiger partial charge in [0.15, 0.2) is 17.3 Å². The van der Waals surface area contributed by atoms with Crippen molar-refractivity contribution in [2.24, 2.45) is 0 Å². The number of hydrogen-bond donors (Lipinski definition) is 0. The van der Waals surface area contributed by atoms with Gasteiger partial charge in [0.25, 0.3) is 0 Å². The maximum atomic E-state index is 14.8. The normalized spacial score (nSPS) is 18.6. The molecule has 0 aliphatic carbocycles. The third kappa shape index (κ3) is 6.64. The zero-order valence-corrected chi connectivity index (χ0v) is 23.5. The highest BCUT2D eigenvalue weighted by Crippen LogP contribution is 2.31. The Morgan fingerprint density at radius 1 is 1.10 bits per heavy atom. The molecule has 1 saturated heterocycles. The molecule has 0 bridgehead atoms. The first-order valence-corrected chi connectivity index (χ1v) is 13.5. The number of nitrogens with zero attached hydrogens (tertiary/aromatic N) is 4. The number of amides is 1. The van der Waals surface area contributed by atoms with Gasteiger partial charge in [0, 0.05) is 24.1 Å². The molecule has 3 aromatic rings. The van der Waals surface area contributed by atoms with E-state index in [2.05, 4.69) is 15.0 Å². The van der Waals surface area contributed by atoms with Gasteiger partial charge >= 0.3 is 6.09 Å². The van der Waals surface area contributed by atoms with E-state index in [0.29, 0.717) is 54.6 Å². The monoisotopic (exact) mass is 568 g/mol. The molecule has 2 aliphatic rings. The molecule has 11 nitrogen and oxygen atoms in total. The van der Waals surface area contributed by atoms with E-state index in [1.807, 2.05) is 0 Å². The van der Waals surface area contributed by atoms with E-state index in [9.17, 15) is 14.0 Å². The lowest BCUT2D eigenvalue weighted by molar-refractivity contribution is -0.135. The van der Waals surface area contributed by atoms with Crippen LogP contribution in [0.2, 0.25) is 0 Å². The number of methoxy groups -OCH3 is 1. The molecule has 2 atom stereocenters. The first-order chi connectivity index (χ1) is 19.6. The highest BCUT2D eigenvalue weighted by Gasteiger charge is 2.35. The van der Waals surface area contributed by atoms with Gasteiger partial charge in [0.05, 0.1) is 55.4 Å². The molecule has 1 fully saturated rings. The van der Waals surface area contributed by atoms with Crippen LogP contribution < -0.4 is 14.2 Å². The Labute approximate surface area is 236 Å². The van der Waals surface area contributed by atoms with Crippen molar-refractivity contribution < 1.29 is 37.7 Å². The summed E-state index contributed by atoms with van der Waals surface area (Å²) in [5.74, 6) is 0.516. The summed E-state index contributed by atoms with van der Waals surface area (Å²) in [7, 11) is 1.46. The first-order valence-electron chi connectivity index (χ1n) is 13.5.